The number of hydrogen-bond donors (Lipinski definition) is 0. The first-order chi connectivity index (χ1) is 6.19. The van der Waals surface area contributed by atoms with Crippen LogP contribution in [0.25, 0.3) is 0 Å². The SMILES string of the molecule is [CH]c1csc(C(=O)N(CC)CC)c1. The Balaban J connectivity index is 2.78. The number of amides is 1. The molecule has 0 spiro atoms. The van der Waals surface area contributed by atoms with Crippen molar-refractivity contribution in [3.8, 4) is 0 Å². The minimum Gasteiger partial charge on any atom is -0.339 e. The van der Waals surface area contributed by atoms with Gasteiger partial charge in [0.2, 0.25) is 0 Å². The third kappa shape index (κ3) is 2.31. The van der Waals surface area contributed by atoms with E-state index in [4.69, 9.17) is 6.92 Å². The summed E-state index contributed by atoms with van der Waals surface area (Å²) in [5, 5.41) is 1.79. The number of carbonyl (C=O) groups excluding carboxylic acids is 1. The van der Waals surface area contributed by atoms with E-state index in [1.165, 1.54) is 11.3 Å². The highest BCUT2D eigenvalue weighted by atomic mass is 32.1. The quantitative estimate of drug-likeness (QED) is 0.724. The van der Waals surface area contributed by atoms with Gasteiger partial charge in [-0.2, -0.15) is 0 Å². The average Bonchev–Trinajstić information content (AvgIpc) is 2.54. The van der Waals surface area contributed by atoms with Gasteiger partial charge in [-0.05, 0) is 37.8 Å². The van der Waals surface area contributed by atoms with Crippen LogP contribution in [0.2, 0.25) is 0 Å². The second kappa shape index (κ2) is 4.42. The lowest BCUT2D eigenvalue weighted by molar-refractivity contribution is 0.0778. The van der Waals surface area contributed by atoms with Crippen molar-refractivity contribution in [2.24, 2.45) is 0 Å². The summed E-state index contributed by atoms with van der Waals surface area (Å²) in [7, 11) is 0. The van der Waals surface area contributed by atoms with Gasteiger partial charge in [0.05, 0.1) is 4.88 Å². The van der Waals surface area contributed by atoms with Crippen LogP contribution in [0, 0.1) is 6.92 Å². The summed E-state index contributed by atoms with van der Waals surface area (Å²) in [6.07, 6.45) is 0. The molecule has 2 radical (unpaired) electrons. The van der Waals surface area contributed by atoms with Gasteiger partial charge in [0.1, 0.15) is 0 Å². The van der Waals surface area contributed by atoms with Crippen molar-refractivity contribution in [2.45, 2.75) is 13.8 Å². The van der Waals surface area contributed by atoms with Gasteiger partial charge in [-0.3, -0.25) is 4.79 Å². The maximum absolute atomic E-state index is 11.7. The van der Waals surface area contributed by atoms with E-state index in [0.717, 1.165) is 18.0 Å². The van der Waals surface area contributed by atoms with E-state index in [0.29, 0.717) is 5.56 Å². The summed E-state index contributed by atoms with van der Waals surface area (Å²) in [4.78, 5) is 14.2. The van der Waals surface area contributed by atoms with Gasteiger partial charge in [-0.25, -0.2) is 0 Å². The van der Waals surface area contributed by atoms with Crippen LogP contribution in [0.3, 0.4) is 0 Å². The fourth-order valence-electron chi connectivity index (χ4n) is 1.13. The van der Waals surface area contributed by atoms with Crippen LogP contribution in [0.15, 0.2) is 11.4 Å². The second-order valence-corrected chi connectivity index (χ2v) is 3.63. The molecule has 1 rings (SSSR count). The zero-order valence-corrected chi connectivity index (χ0v) is 8.73. The molecule has 0 aliphatic carbocycles. The Morgan fingerprint density at radius 1 is 1.54 bits per heavy atom. The monoisotopic (exact) mass is 195 g/mol. The van der Waals surface area contributed by atoms with Crippen molar-refractivity contribution in [3.05, 3.63) is 28.8 Å². The van der Waals surface area contributed by atoms with Gasteiger partial charge in [0.15, 0.2) is 0 Å². The Bertz CT molecular complexity index is 289. The molecule has 0 aliphatic rings. The van der Waals surface area contributed by atoms with E-state index >= 15 is 0 Å². The number of thiophene rings is 1. The molecule has 3 heteroatoms. The first kappa shape index (κ1) is 10.3. The highest BCUT2D eigenvalue weighted by Gasteiger charge is 2.13. The Hall–Kier alpha value is -0.830. The van der Waals surface area contributed by atoms with Gasteiger partial charge in [-0.1, -0.05) is 0 Å². The van der Waals surface area contributed by atoms with Crippen LogP contribution in [-0.4, -0.2) is 23.9 Å². The molecule has 1 amide bonds. The molecule has 0 saturated heterocycles. The molecule has 0 aromatic carbocycles. The van der Waals surface area contributed by atoms with Gasteiger partial charge >= 0.3 is 0 Å². The lowest BCUT2D eigenvalue weighted by atomic mass is 10.3. The van der Waals surface area contributed by atoms with E-state index in [1.807, 2.05) is 13.8 Å². The van der Waals surface area contributed by atoms with E-state index in [9.17, 15) is 4.79 Å². The van der Waals surface area contributed by atoms with Gasteiger partial charge in [0, 0.05) is 13.1 Å². The molecular weight excluding hydrogens is 182 g/mol. The summed E-state index contributed by atoms with van der Waals surface area (Å²) < 4.78 is 0. The highest BCUT2D eigenvalue weighted by Crippen LogP contribution is 2.15. The lowest BCUT2D eigenvalue weighted by Gasteiger charge is -2.17. The minimum absolute atomic E-state index is 0.0756. The number of rotatable bonds is 3. The first-order valence-corrected chi connectivity index (χ1v) is 5.20. The van der Waals surface area contributed by atoms with Crippen molar-refractivity contribution < 1.29 is 4.79 Å². The number of nitrogens with zero attached hydrogens (tertiary/aromatic N) is 1. The van der Waals surface area contributed by atoms with Crippen molar-refractivity contribution >= 4 is 17.2 Å². The fourth-order valence-corrected chi connectivity index (χ4v) is 1.89. The number of hydrogen-bond acceptors (Lipinski definition) is 2. The maximum Gasteiger partial charge on any atom is 0.263 e. The molecule has 0 aliphatic heterocycles. The van der Waals surface area contributed by atoms with Crippen LogP contribution < -0.4 is 0 Å². The molecule has 0 saturated carbocycles. The van der Waals surface area contributed by atoms with Crippen LogP contribution in [0.1, 0.15) is 29.1 Å². The predicted molar refractivity (Wildman–Crippen MR) is 55.0 cm³/mol. The van der Waals surface area contributed by atoms with Gasteiger partial charge < -0.3 is 4.90 Å². The third-order valence-corrected chi connectivity index (χ3v) is 2.82. The summed E-state index contributed by atoms with van der Waals surface area (Å²) >= 11 is 1.40. The Kier molecular flexibility index (Phi) is 3.48. The molecule has 0 bridgehead atoms. The molecule has 70 valence electrons. The van der Waals surface area contributed by atoms with E-state index < -0.39 is 0 Å². The molecule has 13 heavy (non-hydrogen) atoms. The summed E-state index contributed by atoms with van der Waals surface area (Å²) in [5.41, 5.74) is 0.667. The maximum atomic E-state index is 11.7. The van der Waals surface area contributed by atoms with E-state index in [-0.39, 0.29) is 5.91 Å². The molecule has 2 nitrogen and oxygen atoms in total. The van der Waals surface area contributed by atoms with Crippen LogP contribution in [0.4, 0.5) is 0 Å². The standard InChI is InChI=1S/C10H13NOS/c1-4-11(5-2)10(12)9-6-8(3)7-13-9/h3,6-7H,4-5H2,1-2H3. The normalized spacial score (nSPS) is 10.1. The fraction of sp³-hybridized carbons (Fsp3) is 0.400. The lowest BCUT2D eigenvalue weighted by Crippen LogP contribution is -2.29. The molecule has 1 aromatic heterocycles. The summed E-state index contributed by atoms with van der Waals surface area (Å²) in [6.45, 7) is 11.0. The van der Waals surface area contributed by atoms with Crippen molar-refractivity contribution in [1.29, 1.82) is 0 Å². The highest BCUT2D eigenvalue weighted by molar-refractivity contribution is 7.12. The van der Waals surface area contributed by atoms with Gasteiger partial charge in [-0.15, -0.1) is 11.3 Å². The zero-order valence-electron chi connectivity index (χ0n) is 7.91. The van der Waals surface area contributed by atoms with Crippen LogP contribution in [-0.2, 0) is 0 Å². The van der Waals surface area contributed by atoms with Crippen LogP contribution >= 0.6 is 11.3 Å². The zero-order chi connectivity index (χ0) is 9.84. The van der Waals surface area contributed by atoms with E-state index in [1.54, 1.807) is 16.3 Å². The molecular formula is C10H13NOS. The third-order valence-electron chi connectivity index (χ3n) is 1.88. The Labute approximate surface area is 83.2 Å². The smallest absolute Gasteiger partial charge is 0.263 e. The largest absolute Gasteiger partial charge is 0.339 e. The average molecular weight is 195 g/mol. The Morgan fingerprint density at radius 3 is 2.54 bits per heavy atom. The minimum atomic E-state index is 0.0756. The molecule has 0 atom stereocenters. The Morgan fingerprint density at radius 2 is 2.15 bits per heavy atom. The molecule has 1 aromatic rings. The first-order valence-electron chi connectivity index (χ1n) is 4.32. The van der Waals surface area contributed by atoms with Crippen molar-refractivity contribution in [3.63, 3.8) is 0 Å². The molecule has 1 heterocycles. The summed E-state index contributed by atoms with van der Waals surface area (Å²) in [6, 6.07) is 1.73. The number of carbonyl (C=O) groups is 1. The van der Waals surface area contributed by atoms with Crippen molar-refractivity contribution in [2.75, 3.05) is 13.1 Å². The molecule has 0 unspecified atom stereocenters. The topological polar surface area (TPSA) is 20.3 Å². The van der Waals surface area contributed by atoms with Gasteiger partial charge in [0.25, 0.3) is 5.91 Å². The molecule has 0 fully saturated rings. The predicted octanol–water partition coefficient (Wildman–Crippen LogP) is 2.29. The summed E-state index contributed by atoms with van der Waals surface area (Å²) in [5.74, 6) is 0.0756. The second-order valence-electron chi connectivity index (χ2n) is 2.72. The van der Waals surface area contributed by atoms with Crippen LogP contribution in [0.5, 0.6) is 0 Å². The van der Waals surface area contributed by atoms with E-state index in [2.05, 4.69) is 0 Å². The molecule has 0 N–H and O–H groups in total. The van der Waals surface area contributed by atoms with Crippen molar-refractivity contribution in [1.82, 2.24) is 4.90 Å².